The number of hydrogen-bond acceptors (Lipinski definition) is 3. The lowest BCUT2D eigenvalue weighted by atomic mass is 10.1. The van der Waals surface area contributed by atoms with Gasteiger partial charge in [-0.3, -0.25) is 0 Å². The fourth-order valence-electron chi connectivity index (χ4n) is 1.78. The van der Waals surface area contributed by atoms with Gasteiger partial charge < -0.3 is 9.84 Å². The summed E-state index contributed by atoms with van der Waals surface area (Å²) in [4.78, 5) is 23.3. The first kappa shape index (κ1) is 17.0. The summed E-state index contributed by atoms with van der Waals surface area (Å²) in [6, 6.07) is 2.62. The van der Waals surface area contributed by atoms with Crippen molar-refractivity contribution in [2.24, 2.45) is 0 Å². The third-order valence-corrected chi connectivity index (χ3v) is 4.05. The standard InChI is InChI=1S/C14H16BrClO4/c1-3-5-8(4-2)20-14(19)10-6-11(15)12(16)7-9(10)13(17)18/h6-8H,3-5H2,1-2H3,(H,17,18). The highest BCUT2D eigenvalue weighted by Gasteiger charge is 2.22. The van der Waals surface area contributed by atoms with Crippen molar-refractivity contribution in [2.75, 3.05) is 0 Å². The van der Waals surface area contributed by atoms with Crippen molar-refractivity contribution in [3.8, 4) is 0 Å². The van der Waals surface area contributed by atoms with E-state index >= 15 is 0 Å². The molecule has 0 amide bonds. The Morgan fingerprint density at radius 2 is 2.00 bits per heavy atom. The van der Waals surface area contributed by atoms with Gasteiger partial charge in [0, 0.05) is 4.47 Å². The normalized spacial score (nSPS) is 12.0. The number of carbonyl (C=O) groups is 2. The van der Waals surface area contributed by atoms with Crippen LogP contribution in [0, 0.1) is 0 Å². The summed E-state index contributed by atoms with van der Waals surface area (Å²) in [7, 11) is 0. The van der Waals surface area contributed by atoms with Crippen LogP contribution in [0.2, 0.25) is 5.02 Å². The van der Waals surface area contributed by atoms with Crippen molar-refractivity contribution >= 4 is 39.5 Å². The molecule has 0 aliphatic carbocycles. The van der Waals surface area contributed by atoms with Crippen molar-refractivity contribution < 1.29 is 19.4 Å². The largest absolute Gasteiger partial charge is 0.478 e. The molecule has 0 bridgehead atoms. The van der Waals surface area contributed by atoms with Crippen LogP contribution >= 0.6 is 27.5 Å². The molecule has 6 heteroatoms. The molecule has 0 spiro atoms. The second kappa shape index (κ2) is 7.64. The zero-order valence-corrected chi connectivity index (χ0v) is 13.6. The number of carbonyl (C=O) groups excluding carboxylic acids is 1. The number of hydrogen-bond donors (Lipinski definition) is 1. The van der Waals surface area contributed by atoms with Crippen molar-refractivity contribution in [2.45, 2.75) is 39.2 Å². The van der Waals surface area contributed by atoms with E-state index in [4.69, 9.17) is 21.4 Å². The topological polar surface area (TPSA) is 63.6 Å². The van der Waals surface area contributed by atoms with Gasteiger partial charge in [-0.2, -0.15) is 0 Å². The smallest absolute Gasteiger partial charge is 0.339 e. The molecule has 1 N–H and O–H groups in total. The molecule has 20 heavy (non-hydrogen) atoms. The van der Waals surface area contributed by atoms with Crippen LogP contribution in [0.4, 0.5) is 0 Å². The maximum Gasteiger partial charge on any atom is 0.339 e. The number of benzene rings is 1. The number of ether oxygens (including phenoxy) is 1. The summed E-state index contributed by atoms with van der Waals surface area (Å²) < 4.78 is 5.80. The Morgan fingerprint density at radius 3 is 2.50 bits per heavy atom. The summed E-state index contributed by atoms with van der Waals surface area (Å²) in [5.74, 6) is -1.85. The van der Waals surface area contributed by atoms with Crippen LogP contribution in [0.5, 0.6) is 0 Å². The molecule has 0 saturated carbocycles. The van der Waals surface area contributed by atoms with E-state index in [0.29, 0.717) is 10.9 Å². The highest BCUT2D eigenvalue weighted by Crippen LogP contribution is 2.27. The lowest BCUT2D eigenvalue weighted by molar-refractivity contribution is 0.0266. The zero-order valence-electron chi connectivity index (χ0n) is 11.3. The molecule has 4 nitrogen and oxygen atoms in total. The number of aromatic carboxylic acids is 1. The molecule has 1 aromatic rings. The molecule has 0 fully saturated rings. The summed E-state index contributed by atoms with van der Waals surface area (Å²) >= 11 is 9.03. The molecule has 0 heterocycles. The van der Waals surface area contributed by atoms with E-state index in [0.717, 1.165) is 12.8 Å². The molecule has 0 saturated heterocycles. The predicted molar refractivity (Wildman–Crippen MR) is 80.5 cm³/mol. The minimum atomic E-state index is -1.21. The monoisotopic (exact) mass is 362 g/mol. The quantitative estimate of drug-likeness (QED) is 0.754. The Bertz CT molecular complexity index is 516. The first-order valence-corrected chi connectivity index (χ1v) is 7.51. The SMILES string of the molecule is CCCC(CC)OC(=O)c1cc(Br)c(Cl)cc1C(=O)O. The maximum atomic E-state index is 12.1. The summed E-state index contributed by atoms with van der Waals surface area (Å²) in [6.45, 7) is 3.92. The van der Waals surface area contributed by atoms with Gasteiger partial charge in [-0.05, 0) is 40.9 Å². The highest BCUT2D eigenvalue weighted by molar-refractivity contribution is 9.10. The van der Waals surface area contributed by atoms with Crippen LogP contribution in [0.25, 0.3) is 0 Å². The number of carboxylic acids is 1. The third-order valence-electron chi connectivity index (χ3n) is 2.85. The predicted octanol–water partition coefficient (Wildman–Crippen LogP) is 4.54. The Hall–Kier alpha value is -1.07. The average Bonchev–Trinajstić information content (AvgIpc) is 2.40. The van der Waals surface area contributed by atoms with Crippen molar-refractivity contribution in [3.63, 3.8) is 0 Å². The van der Waals surface area contributed by atoms with Gasteiger partial charge in [0.1, 0.15) is 6.10 Å². The molecule has 0 radical (unpaired) electrons. The number of carboxylic acid groups (broad SMARTS) is 1. The van der Waals surface area contributed by atoms with Gasteiger partial charge in [-0.15, -0.1) is 0 Å². The maximum absolute atomic E-state index is 12.1. The second-order valence-electron chi connectivity index (χ2n) is 4.34. The van der Waals surface area contributed by atoms with E-state index in [1.165, 1.54) is 12.1 Å². The molecule has 1 atom stereocenters. The van der Waals surface area contributed by atoms with E-state index in [-0.39, 0.29) is 22.3 Å². The number of halogens is 2. The second-order valence-corrected chi connectivity index (χ2v) is 5.60. The van der Waals surface area contributed by atoms with Crippen molar-refractivity contribution in [1.82, 2.24) is 0 Å². The van der Waals surface area contributed by atoms with Gasteiger partial charge in [0.2, 0.25) is 0 Å². The van der Waals surface area contributed by atoms with Gasteiger partial charge >= 0.3 is 11.9 Å². The molecule has 0 aromatic heterocycles. The third kappa shape index (κ3) is 4.21. The summed E-state index contributed by atoms with van der Waals surface area (Å²) in [6.07, 6.45) is 2.13. The minimum absolute atomic E-state index is 0.00308. The molecular weight excluding hydrogens is 348 g/mol. The highest BCUT2D eigenvalue weighted by atomic mass is 79.9. The minimum Gasteiger partial charge on any atom is -0.478 e. The fourth-order valence-corrected chi connectivity index (χ4v) is 2.28. The summed E-state index contributed by atoms with van der Waals surface area (Å²) in [5, 5.41) is 9.38. The van der Waals surface area contributed by atoms with E-state index < -0.39 is 11.9 Å². The average molecular weight is 364 g/mol. The molecule has 1 aromatic carbocycles. The summed E-state index contributed by atoms with van der Waals surface area (Å²) in [5.41, 5.74) is -0.155. The van der Waals surface area contributed by atoms with Gasteiger partial charge in [-0.25, -0.2) is 9.59 Å². The van der Waals surface area contributed by atoms with E-state index in [1.807, 2.05) is 13.8 Å². The van der Waals surface area contributed by atoms with E-state index in [1.54, 1.807) is 0 Å². The van der Waals surface area contributed by atoms with Crippen molar-refractivity contribution in [3.05, 3.63) is 32.8 Å². The molecule has 1 rings (SSSR count). The van der Waals surface area contributed by atoms with E-state index in [2.05, 4.69) is 15.9 Å². The molecule has 110 valence electrons. The first-order valence-electron chi connectivity index (χ1n) is 6.34. The van der Waals surface area contributed by atoms with Crippen LogP contribution < -0.4 is 0 Å². The van der Waals surface area contributed by atoms with E-state index in [9.17, 15) is 9.59 Å². The lowest BCUT2D eigenvalue weighted by Crippen LogP contribution is -2.19. The van der Waals surface area contributed by atoms with Gasteiger partial charge in [0.05, 0.1) is 16.1 Å². The Kier molecular flexibility index (Phi) is 6.49. The van der Waals surface area contributed by atoms with Crippen LogP contribution in [-0.4, -0.2) is 23.1 Å². The first-order chi connectivity index (χ1) is 9.40. The fraction of sp³-hybridized carbons (Fsp3) is 0.429. The Labute approximate surface area is 131 Å². The van der Waals surface area contributed by atoms with Crippen LogP contribution in [0.15, 0.2) is 16.6 Å². The molecule has 0 aliphatic rings. The molecule has 1 unspecified atom stereocenters. The van der Waals surface area contributed by atoms with Gasteiger partial charge in [-0.1, -0.05) is 31.9 Å². The van der Waals surface area contributed by atoms with Gasteiger partial charge in [0.25, 0.3) is 0 Å². The van der Waals surface area contributed by atoms with Crippen LogP contribution in [0.3, 0.4) is 0 Å². The van der Waals surface area contributed by atoms with Crippen LogP contribution in [-0.2, 0) is 4.74 Å². The molecule has 0 aliphatic heterocycles. The van der Waals surface area contributed by atoms with Gasteiger partial charge in [0.15, 0.2) is 0 Å². The lowest BCUT2D eigenvalue weighted by Gasteiger charge is -2.16. The Balaban J connectivity index is 3.08. The molecular formula is C14H16BrClO4. The zero-order chi connectivity index (χ0) is 15.3. The Morgan fingerprint density at radius 1 is 1.35 bits per heavy atom. The van der Waals surface area contributed by atoms with Crippen LogP contribution in [0.1, 0.15) is 53.8 Å². The number of esters is 1. The van der Waals surface area contributed by atoms with Crippen molar-refractivity contribution in [1.29, 1.82) is 0 Å². The number of rotatable bonds is 6.